The van der Waals surface area contributed by atoms with E-state index in [0.717, 1.165) is 52.8 Å². The molecule has 3 aromatic carbocycles. The van der Waals surface area contributed by atoms with Crippen LogP contribution in [0.3, 0.4) is 0 Å². The Morgan fingerprint density at radius 1 is 0.917 bits per heavy atom. The summed E-state index contributed by atoms with van der Waals surface area (Å²) in [5, 5.41) is 3.93. The molecule has 0 radical (unpaired) electrons. The molecule has 5 heteroatoms. The van der Waals surface area contributed by atoms with Gasteiger partial charge in [0.1, 0.15) is 5.82 Å². The number of carbonyl (C=O) groups is 1. The number of anilines is 1. The number of pyridine rings is 1. The lowest BCUT2D eigenvalue weighted by Crippen LogP contribution is -2.24. The van der Waals surface area contributed by atoms with Crippen molar-refractivity contribution < 1.29 is 9.18 Å². The molecule has 5 rings (SSSR count). The fourth-order valence-corrected chi connectivity index (χ4v) is 4.98. The Kier molecular flexibility index (Phi) is 7.10. The van der Waals surface area contributed by atoms with Crippen LogP contribution in [0.1, 0.15) is 52.7 Å². The van der Waals surface area contributed by atoms with Gasteiger partial charge < -0.3 is 5.32 Å². The molecule has 0 bridgehead atoms. The summed E-state index contributed by atoms with van der Waals surface area (Å²) in [5.41, 5.74) is 6.39. The Morgan fingerprint density at radius 2 is 1.64 bits per heavy atom. The summed E-state index contributed by atoms with van der Waals surface area (Å²) >= 11 is 0. The van der Waals surface area contributed by atoms with Gasteiger partial charge in [0.2, 0.25) is 0 Å². The van der Waals surface area contributed by atoms with Crippen LogP contribution in [0.2, 0.25) is 0 Å². The Bertz CT molecular complexity index is 1390. The first-order valence-corrected chi connectivity index (χ1v) is 12.8. The number of aromatic nitrogens is 1. The number of hydrogen-bond acceptors (Lipinski definition) is 3. The van der Waals surface area contributed by atoms with Gasteiger partial charge in [-0.3, -0.25) is 14.7 Å². The van der Waals surface area contributed by atoms with Crippen molar-refractivity contribution in [2.75, 3.05) is 18.4 Å². The molecule has 4 aromatic rings. The molecule has 1 aliphatic rings. The minimum atomic E-state index is -0.541. The van der Waals surface area contributed by atoms with E-state index in [4.69, 9.17) is 4.98 Å². The van der Waals surface area contributed by atoms with Crippen molar-refractivity contribution in [3.63, 3.8) is 0 Å². The highest BCUT2D eigenvalue weighted by Gasteiger charge is 2.16. The number of amides is 1. The summed E-state index contributed by atoms with van der Waals surface area (Å²) in [6.07, 6.45) is 7.11. The van der Waals surface area contributed by atoms with Crippen LogP contribution < -0.4 is 5.32 Å². The van der Waals surface area contributed by atoms with E-state index in [-0.39, 0.29) is 5.56 Å². The third-order valence-corrected chi connectivity index (χ3v) is 7.11. The van der Waals surface area contributed by atoms with E-state index in [1.165, 1.54) is 37.3 Å². The van der Waals surface area contributed by atoms with Gasteiger partial charge >= 0.3 is 0 Å². The molecule has 1 saturated heterocycles. The SMILES string of the molecule is Cc1ccc(-c2ccc(C(=O)Nc3ccc4cc(CN5CCCCCC5)cnc4c3C)c(F)c2)cc1. The molecular weight excluding hydrogens is 449 g/mol. The standard InChI is InChI=1S/C31H32FN3O/c1-21-7-9-24(10-8-21)25-11-13-27(28(32)18-25)31(36)34-29-14-12-26-17-23(19-33-30(26)22(29)2)20-35-15-5-3-4-6-16-35/h7-14,17-19H,3-6,15-16,20H2,1-2H3,(H,34,36). The Hall–Kier alpha value is -3.57. The molecule has 36 heavy (non-hydrogen) atoms. The van der Waals surface area contributed by atoms with Gasteiger partial charge in [-0.1, -0.05) is 54.8 Å². The zero-order chi connectivity index (χ0) is 25.1. The zero-order valence-corrected chi connectivity index (χ0v) is 21.0. The normalized spacial score (nSPS) is 14.5. The molecule has 1 N–H and O–H groups in total. The van der Waals surface area contributed by atoms with Crippen LogP contribution in [0, 0.1) is 19.7 Å². The van der Waals surface area contributed by atoms with Crippen molar-refractivity contribution in [3.05, 3.63) is 94.9 Å². The van der Waals surface area contributed by atoms with Crippen molar-refractivity contribution in [1.29, 1.82) is 0 Å². The number of rotatable bonds is 5. The molecule has 0 unspecified atom stereocenters. The van der Waals surface area contributed by atoms with Crippen molar-refractivity contribution in [2.24, 2.45) is 0 Å². The fraction of sp³-hybridized carbons (Fsp3) is 0.290. The number of fused-ring (bicyclic) bond motifs is 1. The van der Waals surface area contributed by atoms with E-state index in [2.05, 4.69) is 16.3 Å². The molecule has 1 aliphatic heterocycles. The van der Waals surface area contributed by atoms with Crippen LogP contribution in [0.25, 0.3) is 22.0 Å². The van der Waals surface area contributed by atoms with Crippen molar-refractivity contribution in [1.82, 2.24) is 9.88 Å². The summed E-state index contributed by atoms with van der Waals surface area (Å²) in [6, 6.07) is 18.7. The third-order valence-electron chi connectivity index (χ3n) is 7.11. The number of carbonyl (C=O) groups excluding carboxylic acids is 1. The Balaban J connectivity index is 1.33. The number of nitrogens with zero attached hydrogens (tertiary/aromatic N) is 2. The van der Waals surface area contributed by atoms with Crippen molar-refractivity contribution in [3.8, 4) is 11.1 Å². The second-order valence-electron chi connectivity index (χ2n) is 9.86. The van der Waals surface area contributed by atoms with Crippen LogP contribution >= 0.6 is 0 Å². The van der Waals surface area contributed by atoms with E-state index in [1.807, 2.05) is 56.4 Å². The largest absolute Gasteiger partial charge is 0.322 e. The lowest BCUT2D eigenvalue weighted by Gasteiger charge is -2.20. The van der Waals surface area contributed by atoms with E-state index in [1.54, 1.807) is 12.1 Å². The highest BCUT2D eigenvalue weighted by molar-refractivity contribution is 6.06. The Labute approximate surface area is 212 Å². The topological polar surface area (TPSA) is 45.2 Å². The summed E-state index contributed by atoms with van der Waals surface area (Å²) in [6.45, 7) is 7.15. The van der Waals surface area contributed by atoms with Crippen LogP contribution in [-0.4, -0.2) is 28.9 Å². The van der Waals surface area contributed by atoms with Gasteiger partial charge in [0.25, 0.3) is 5.91 Å². The molecule has 1 amide bonds. The molecule has 2 heterocycles. The van der Waals surface area contributed by atoms with E-state index in [0.29, 0.717) is 5.69 Å². The average Bonchev–Trinajstić information content (AvgIpc) is 3.15. The second-order valence-corrected chi connectivity index (χ2v) is 9.86. The lowest BCUT2D eigenvalue weighted by molar-refractivity contribution is 0.102. The van der Waals surface area contributed by atoms with Crippen LogP contribution in [0.15, 0.2) is 66.9 Å². The smallest absolute Gasteiger partial charge is 0.258 e. The maximum atomic E-state index is 14.9. The molecule has 0 aliphatic carbocycles. The first kappa shape index (κ1) is 24.1. The lowest BCUT2D eigenvalue weighted by atomic mass is 10.0. The number of hydrogen-bond donors (Lipinski definition) is 1. The third kappa shape index (κ3) is 5.31. The number of halogens is 1. The van der Waals surface area contributed by atoms with Gasteiger partial charge in [-0.05, 0) is 86.3 Å². The fourth-order valence-electron chi connectivity index (χ4n) is 4.98. The molecule has 1 fully saturated rings. The zero-order valence-electron chi connectivity index (χ0n) is 21.0. The predicted molar refractivity (Wildman–Crippen MR) is 145 cm³/mol. The molecule has 184 valence electrons. The van der Waals surface area contributed by atoms with E-state index < -0.39 is 11.7 Å². The molecule has 4 nitrogen and oxygen atoms in total. The van der Waals surface area contributed by atoms with E-state index >= 15 is 0 Å². The van der Waals surface area contributed by atoms with Gasteiger partial charge in [-0.15, -0.1) is 0 Å². The highest BCUT2D eigenvalue weighted by atomic mass is 19.1. The first-order valence-electron chi connectivity index (χ1n) is 12.8. The Morgan fingerprint density at radius 3 is 2.36 bits per heavy atom. The molecule has 1 aromatic heterocycles. The number of benzene rings is 3. The predicted octanol–water partition coefficient (Wildman–Crippen LogP) is 7.29. The number of aryl methyl sites for hydroxylation is 2. The summed E-state index contributed by atoms with van der Waals surface area (Å²) in [7, 11) is 0. The maximum Gasteiger partial charge on any atom is 0.258 e. The van der Waals surface area contributed by atoms with Crippen LogP contribution in [0.5, 0.6) is 0 Å². The van der Waals surface area contributed by atoms with Gasteiger partial charge in [-0.25, -0.2) is 4.39 Å². The highest BCUT2D eigenvalue weighted by Crippen LogP contribution is 2.27. The second kappa shape index (κ2) is 10.6. The summed E-state index contributed by atoms with van der Waals surface area (Å²) in [5.74, 6) is -1.01. The molecule has 0 spiro atoms. The summed E-state index contributed by atoms with van der Waals surface area (Å²) < 4.78 is 14.9. The number of nitrogens with one attached hydrogen (secondary N) is 1. The monoisotopic (exact) mass is 481 g/mol. The average molecular weight is 482 g/mol. The van der Waals surface area contributed by atoms with Crippen molar-refractivity contribution >= 4 is 22.5 Å². The minimum Gasteiger partial charge on any atom is -0.322 e. The quantitative estimate of drug-likeness (QED) is 0.326. The van der Waals surface area contributed by atoms with E-state index in [9.17, 15) is 9.18 Å². The van der Waals surface area contributed by atoms with Crippen LogP contribution in [-0.2, 0) is 6.54 Å². The minimum absolute atomic E-state index is 0.0196. The molecule has 0 atom stereocenters. The van der Waals surface area contributed by atoms with Gasteiger partial charge in [0, 0.05) is 23.8 Å². The number of likely N-dealkylation sites (tertiary alicyclic amines) is 1. The molecule has 0 saturated carbocycles. The van der Waals surface area contributed by atoms with Crippen LogP contribution in [0.4, 0.5) is 10.1 Å². The maximum absolute atomic E-state index is 14.9. The van der Waals surface area contributed by atoms with Gasteiger partial charge in [0.15, 0.2) is 0 Å². The molecular formula is C31H32FN3O. The summed E-state index contributed by atoms with van der Waals surface area (Å²) in [4.78, 5) is 20.2. The van der Waals surface area contributed by atoms with Gasteiger partial charge in [-0.2, -0.15) is 0 Å². The first-order chi connectivity index (χ1) is 17.5. The van der Waals surface area contributed by atoms with Crippen molar-refractivity contribution in [2.45, 2.75) is 46.1 Å². The van der Waals surface area contributed by atoms with Gasteiger partial charge in [0.05, 0.1) is 11.1 Å².